The number of carbonyl (C=O) groups is 5. The Morgan fingerprint density at radius 3 is 1.08 bits per heavy atom. The number of aliphatic carboxylic acids is 4. The van der Waals surface area contributed by atoms with E-state index < -0.39 is 48.5 Å². The topological polar surface area (TPSA) is 259 Å². The summed E-state index contributed by atoms with van der Waals surface area (Å²) >= 11 is 0. The number of carboxylic acid groups (broad SMARTS) is 6. The SMILES string of the molecule is NCC(=O)O.O=C(O)CC(O)(CC(=O)O)C(=O)O.O=C([O-])[O-].[Na+].[Na+]. The first kappa shape index (κ1) is 34.4. The number of hydrogen-bond donors (Lipinski definition) is 6. The zero-order valence-corrected chi connectivity index (χ0v) is 16.8. The maximum Gasteiger partial charge on any atom is 1.00 e. The van der Waals surface area contributed by atoms with Crippen molar-refractivity contribution in [1.29, 1.82) is 0 Å². The van der Waals surface area contributed by atoms with E-state index in [4.69, 9.17) is 40.5 Å². The van der Waals surface area contributed by atoms with Gasteiger partial charge in [-0.25, -0.2) is 4.79 Å². The maximum atomic E-state index is 10.3. The van der Waals surface area contributed by atoms with Gasteiger partial charge in [0.2, 0.25) is 0 Å². The van der Waals surface area contributed by atoms with Crippen LogP contribution in [0.1, 0.15) is 12.8 Å². The molecule has 0 heterocycles. The van der Waals surface area contributed by atoms with Crippen molar-refractivity contribution in [3.8, 4) is 0 Å². The van der Waals surface area contributed by atoms with Crippen molar-refractivity contribution < 1.29 is 119 Å². The Bertz CT molecular complexity index is 407. The first-order chi connectivity index (χ1) is 9.78. The van der Waals surface area contributed by atoms with E-state index >= 15 is 0 Å². The van der Waals surface area contributed by atoms with Gasteiger partial charge in [0.1, 0.15) is 0 Å². The summed E-state index contributed by atoms with van der Waals surface area (Å²) in [7, 11) is 0. The molecule has 0 atom stereocenters. The van der Waals surface area contributed by atoms with Crippen molar-refractivity contribution in [3.63, 3.8) is 0 Å². The molecule has 0 spiro atoms. The molecule has 0 rings (SSSR count). The van der Waals surface area contributed by atoms with Crippen LogP contribution in [0.15, 0.2) is 0 Å². The Hall–Kier alpha value is -0.930. The Morgan fingerprint density at radius 1 is 0.792 bits per heavy atom. The molecule has 0 aromatic rings. The van der Waals surface area contributed by atoms with Crippen LogP contribution in [0.25, 0.3) is 0 Å². The zero-order chi connectivity index (χ0) is 18.5. The monoisotopic (exact) mass is 373 g/mol. The van der Waals surface area contributed by atoms with Crippen LogP contribution in [0.5, 0.6) is 0 Å². The van der Waals surface area contributed by atoms with Gasteiger partial charge < -0.3 is 46.3 Å². The first-order valence-corrected chi connectivity index (χ1v) is 4.97. The summed E-state index contributed by atoms with van der Waals surface area (Å²) in [5.41, 5.74) is 1.83. The molecule has 7 N–H and O–H groups in total. The Morgan fingerprint density at radius 2 is 1.00 bits per heavy atom. The van der Waals surface area contributed by atoms with Gasteiger partial charge in [0, 0.05) is 0 Å². The molecule has 0 saturated heterocycles. The van der Waals surface area contributed by atoms with E-state index in [0.717, 1.165) is 0 Å². The minimum atomic E-state index is -2.74. The van der Waals surface area contributed by atoms with Crippen molar-refractivity contribution in [2.75, 3.05) is 6.54 Å². The molecular weight excluding hydrogens is 360 g/mol. The molecule has 13 nitrogen and oxygen atoms in total. The van der Waals surface area contributed by atoms with Crippen LogP contribution in [0.4, 0.5) is 4.79 Å². The number of aliphatic hydroxyl groups is 1. The van der Waals surface area contributed by atoms with E-state index in [0.29, 0.717) is 0 Å². The normalized spacial score (nSPS) is 8.42. The number of rotatable bonds is 6. The van der Waals surface area contributed by atoms with Gasteiger partial charge in [0.25, 0.3) is 0 Å². The minimum absolute atomic E-state index is 0. The van der Waals surface area contributed by atoms with Gasteiger partial charge in [0.15, 0.2) is 5.60 Å². The molecule has 0 aromatic carbocycles. The number of carboxylic acids is 4. The third-order valence-corrected chi connectivity index (χ3v) is 1.46. The average Bonchev–Trinajstić information content (AvgIpc) is 2.26. The Labute approximate surface area is 178 Å². The minimum Gasteiger partial charge on any atom is -0.652 e. The summed E-state index contributed by atoms with van der Waals surface area (Å²) in [5, 5.41) is 58.1. The van der Waals surface area contributed by atoms with Crippen LogP contribution in [0.2, 0.25) is 0 Å². The molecule has 0 saturated carbocycles. The van der Waals surface area contributed by atoms with Crippen LogP contribution >= 0.6 is 0 Å². The summed E-state index contributed by atoms with van der Waals surface area (Å²) in [6.07, 6.45) is -4.62. The van der Waals surface area contributed by atoms with Gasteiger partial charge in [0.05, 0.1) is 19.4 Å². The van der Waals surface area contributed by atoms with Gasteiger partial charge in [-0.1, -0.05) is 0 Å². The summed E-state index contributed by atoms with van der Waals surface area (Å²) < 4.78 is 0. The van der Waals surface area contributed by atoms with E-state index in [1.807, 2.05) is 0 Å². The zero-order valence-electron chi connectivity index (χ0n) is 12.8. The molecule has 0 aliphatic rings. The van der Waals surface area contributed by atoms with E-state index in [1.165, 1.54) is 0 Å². The van der Waals surface area contributed by atoms with Crippen LogP contribution < -0.4 is 75.1 Å². The molecular formula is C9H13NNa2O12. The van der Waals surface area contributed by atoms with Crippen LogP contribution in [-0.2, 0) is 19.2 Å². The van der Waals surface area contributed by atoms with Crippen molar-refractivity contribution in [2.24, 2.45) is 5.73 Å². The first-order valence-electron chi connectivity index (χ1n) is 4.97. The molecule has 0 amide bonds. The standard InChI is InChI=1S/C6H8O7.C2H5NO2.CH2O3.2Na/c7-3(8)1-6(13,5(11)12)2-4(9)10;3-1-2(4)5;2-1(3)4;;/h13H,1-2H2,(H,7,8)(H,9,10)(H,11,12);1,3H2,(H,4,5);(H2,2,3,4);;/q;;;2*+1/p-2. The smallest absolute Gasteiger partial charge is 0.652 e. The summed E-state index contributed by atoms with van der Waals surface area (Å²) in [4.78, 5) is 48.1. The fourth-order valence-corrected chi connectivity index (χ4v) is 0.714. The molecule has 0 aliphatic carbocycles. The molecule has 24 heavy (non-hydrogen) atoms. The van der Waals surface area contributed by atoms with Crippen LogP contribution in [-0.4, -0.2) is 67.7 Å². The van der Waals surface area contributed by atoms with Crippen molar-refractivity contribution in [2.45, 2.75) is 18.4 Å². The van der Waals surface area contributed by atoms with E-state index in [9.17, 15) is 19.2 Å². The second kappa shape index (κ2) is 18.4. The van der Waals surface area contributed by atoms with Crippen molar-refractivity contribution >= 4 is 30.0 Å². The number of carbonyl (C=O) groups excluding carboxylic acids is 1. The van der Waals surface area contributed by atoms with Crippen LogP contribution in [0, 0.1) is 0 Å². The maximum absolute atomic E-state index is 10.3. The average molecular weight is 373 g/mol. The fraction of sp³-hybridized carbons (Fsp3) is 0.444. The molecule has 0 aliphatic heterocycles. The number of nitrogens with two attached hydrogens (primary N) is 1. The molecule has 0 radical (unpaired) electrons. The fourth-order valence-electron chi connectivity index (χ4n) is 0.714. The second-order valence-electron chi connectivity index (χ2n) is 3.33. The van der Waals surface area contributed by atoms with Crippen molar-refractivity contribution in [1.82, 2.24) is 0 Å². The van der Waals surface area contributed by atoms with Gasteiger partial charge in [-0.05, 0) is 6.16 Å². The van der Waals surface area contributed by atoms with Gasteiger partial charge in [-0.3, -0.25) is 14.4 Å². The summed E-state index contributed by atoms with van der Waals surface area (Å²) in [6.45, 7) is -0.278. The number of hydrogen-bond acceptors (Lipinski definition) is 9. The van der Waals surface area contributed by atoms with Crippen LogP contribution in [0.3, 0.4) is 0 Å². The molecule has 0 unspecified atom stereocenters. The Balaban J connectivity index is -0.0000000919. The molecule has 0 aromatic heterocycles. The molecule has 128 valence electrons. The van der Waals surface area contributed by atoms with E-state index in [1.54, 1.807) is 0 Å². The molecule has 15 heteroatoms. The Kier molecular flexibility index (Phi) is 26.4. The van der Waals surface area contributed by atoms with E-state index in [2.05, 4.69) is 5.73 Å². The predicted molar refractivity (Wildman–Crippen MR) is 59.2 cm³/mol. The summed E-state index contributed by atoms with van der Waals surface area (Å²) in [6, 6.07) is 0. The third kappa shape index (κ3) is 29.1. The largest absolute Gasteiger partial charge is 1.00 e. The third-order valence-electron chi connectivity index (χ3n) is 1.46. The van der Waals surface area contributed by atoms with Gasteiger partial charge in [-0.15, -0.1) is 0 Å². The van der Waals surface area contributed by atoms with Crippen molar-refractivity contribution in [3.05, 3.63) is 0 Å². The van der Waals surface area contributed by atoms with E-state index in [-0.39, 0.29) is 65.7 Å². The molecule has 0 fully saturated rings. The van der Waals surface area contributed by atoms with Gasteiger partial charge >= 0.3 is 83.0 Å². The van der Waals surface area contributed by atoms with Gasteiger partial charge in [-0.2, -0.15) is 0 Å². The summed E-state index contributed by atoms with van der Waals surface area (Å²) in [5.74, 6) is -5.99. The molecule has 0 bridgehead atoms. The second-order valence-corrected chi connectivity index (χ2v) is 3.33. The quantitative estimate of drug-likeness (QED) is 0.236. The predicted octanol–water partition coefficient (Wildman–Crippen LogP) is -10.7.